The molecule has 20 heavy (non-hydrogen) atoms. The van der Waals surface area contributed by atoms with Crippen molar-refractivity contribution in [2.45, 2.75) is 63.3 Å². The molecule has 0 rings (SSSR count). The average Bonchev–Trinajstić information content (AvgIpc) is 2.39. The normalized spacial score (nSPS) is 9.15. The van der Waals surface area contributed by atoms with E-state index in [1.54, 1.807) is 0 Å². The highest BCUT2D eigenvalue weighted by molar-refractivity contribution is 6.58. The maximum absolute atomic E-state index is 7.88. The summed E-state index contributed by atoms with van der Waals surface area (Å²) in [5.74, 6) is 0. The van der Waals surface area contributed by atoms with Gasteiger partial charge < -0.3 is 29.4 Å². The van der Waals surface area contributed by atoms with Crippen LogP contribution in [0.4, 0.5) is 0 Å². The largest absolute Gasteiger partial charge is 0.668 e. The molecule has 0 unspecified atom stereocenters. The second-order valence-electron chi connectivity index (χ2n) is 4.14. The number of hydrogen-bond donors (Lipinski definition) is 6. The molecule has 0 aromatic rings. The Balaban J connectivity index is -0.0000000883. The zero-order valence-electron chi connectivity index (χ0n) is 13.7. The van der Waals surface area contributed by atoms with Crippen LogP contribution in [0.15, 0.2) is 0 Å². The highest BCUT2D eigenvalue weighted by Crippen LogP contribution is 2.01. The summed E-state index contributed by atoms with van der Waals surface area (Å²) in [7, 11) is -4.61. The van der Waals surface area contributed by atoms with Crippen molar-refractivity contribution in [3.8, 4) is 0 Å². The molecule has 0 saturated heterocycles. The molecule has 8 heteroatoms. The Bertz CT molecular complexity index is 123. The average molecular weight is 330 g/mol. The van der Waals surface area contributed by atoms with Gasteiger partial charge in [0.2, 0.25) is 0 Å². The Kier molecular flexibility index (Phi) is 35.1. The molecule has 0 heterocycles. The third-order valence-corrected chi connectivity index (χ3v) is 5.64. The van der Waals surface area contributed by atoms with Crippen LogP contribution < -0.4 is 0 Å². The molecule has 0 bridgehead atoms. The van der Waals surface area contributed by atoms with Crippen LogP contribution in [-0.4, -0.2) is 65.8 Å². The lowest BCUT2D eigenvalue weighted by molar-refractivity contribution is 0.117. The van der Waals surface area contributed by atoms with E-state index in [2.05, 4.69) is 20.8 Å². The molecule has 0 saturated carbocycles. The molecule has 0 aliphatic rings. The van der Waals surface area contributed by atoms with Crippen molar-refractivity contribution in [2.24, 2.45) is 0 Å². The lowest BCUT2D eigenvalue weighted by Gasteiger charge is -1.97. The summed E-state index contributed by atoms with van der Waals surface area (Å²) in [6, 6.07) is 0. The van der Waals surface area contributed by atoms with Crippen molar-refractivity contribution in [1.82, 2.24) is 0 Å². The summed E-state index contributed by atoms with van der Waals surface area (Å²) < 4.78 is 0. The van der Waals surface area contributed by atoms with E-state index >= 15 is 0 Å². The van der Waals surface area contributed by atoms with Gasteiger partial charge in [0.15, 0.2) is 0 Å². The van der Waals surface area contributed by atoms with Gasteiger partial charge in [-0.1, -0.05) is 50.5 Å². The number of rotatable bonds is 5. The Morgan fingerprint density at radius 1 is 0.650 bits per heavy atom. The van der Waals surface area contributed by atoms with Crippen LogP contribution in [0.2, 0.25) is 15.8 Å². The predicted octanol–water partition coefficient (Wildman–Crippen LogP) is 0.709. The Hall–Kier alpha value is 0.509. The highest BCUT2D eigenvalue weighted by Gasteiger charge is 2.22. The summed E-state index contributed by atoms with van der Waals surface area (Å²) in [5, 5.41) is 20.2. The minimum absolute atomic E-state index is 0.171. The summed E-state index contributed by atoms with van der Waals surface area (Å²) >= 11 is -0.171. The molecule has 0 aromatic heterocycles. The smallest absolute Gasteiger partial charge is 0.396 e. The van der Waals surface area contributed by atoms with Gasteiger partial charge in [-0.3, -0.25) is 0 Å². The van der Waals surface area contributed by atoms with Gasteiger partial charge in [0.05, 0.1) is 0 Å². The summed E-state index contributed by atoms with van der Waals surface area (Å²) in [5.41, 5.74) is 0. The van der Waals surface area contributed by atoms with E-state index in [9.17, 15) is 0 Å². The second-order valence-corrected chi connectivity index (χ2v) is 9.52. The fraction of sp³-hybridized carbons (Fsp3) is 1.00. The van der Waals surface area contributed by atoms with Gasteiger partial charge in [-0.05, 0) is 12.8 Å². The van der Waals surface area contributed by atoms with Crippen molar-refractivity contribution in [3.63, 3.8) is 0 Å². The molecule has 0 radical (unpaired) electrons. The van der Waals surface area contributed by atoms with E-state index in [-0.39, 0.29) is 14.1 Å². The van der Waals surface area contributed by atoms with Crippen LogP contribution in [0.3, 0.4) is 0 Å². The minimum atomic E-state index is -4.61. The third kappa shape index (κ3) is 78.4. The topological polar surface area (TPSA) is 121 Å². The summed E-state index contributed by atoms with van der Waals surface area (Å²) in [6.45, 7) is 11.5. The van der Waals surface area contributed by atoms with Gasteiger partial charge in [0.25, 0.3) is 14.1 Å². The molecule has 0 aliphatic carbocycles. The van der Waals surface area contributed by atoms with Gasteiger partial charge in [-0.15, -0.1) is 0 Å². The highest BCUT2D eigenvalue weighted by atomic mass is 28.4. The molecule has 6 N–H and O–H groups in total. The van der Waals surface area contributed by atoms with Crippen LogP contribution in [-0.2, 0) is 0 Å². The SMILES string of the molecule is CCCO.CCCO.C[CH2][Al]([CH2]C)[CH2]C.O[Si](O)(O)O. The van der Waals surface area contributed by atoms with E-state index < -0.39 is 9.05 Å². The maximum atomic E-state index is 7.88. The van der Waals surface area contributed by atoms with E-state index in [0.717, 1.165) is 12.8 Å². The first-order chi connectivity index (χ1) is 9.17. The molecule has 0 spiro atoms. The Labute approximate surface area is 129 Å². The molecule has 0 aromatic carbocycles. The second kappa shape index (κ2) is 24.5. The monoisotopic (exact) mass is 330 g/mol. The standard InChI is InChI=1S/2C3H8O.3C2H5.Al.H4O4Si/c2*1-2-3-4;3*1-2;;1-5(2,3)4/h2*4H,2-3H2,1H3;3*1H2,2H3;;1-4H. The molecular formula is C12H35AlO6Si. The Morgan fingerprint density at radius 3 is 0.800 bits per heavy atom. The lowest BCUT2D eigenvalue weighted by atomic mass is 10.5. The van der Waals surface area contributed by atoms with Crippen molar-refractivity contribution in [1.29, 1.82) is 0 Å². The van der Waals surface area contributed by atoms with Crippen molar-refractivity contribution < 1.29 is 29.4 Å². The van der Waals surface area contributed by atoms with Gasteiger partial charge in [-0.2, -0.15) is 0 Å². The quantitative estimate of drug-likeness (QED) is 0.413. The van der Waals surface area contributed by atoms with Crippen LogP contribution in [0.1, 0.15) is 47.5 Å². The summed E-state index contributed by atoms with van der Waals surface area (Å²) in [6.07, 6.45) is 1.75. The number of aliphatic hydroxyl groups is 2. The number of hydrogen-bond acceptors (Lipinski definition) is 6. The molecule has 0 fully saturated rings. The van der Waals surface area contributed by atoms with E-state index in [4.69, 9.17) is 29.4 Å². The zero-order chi connectivity index (χ0) is 17.0. The van der Waals surface area contributed by atoms with Crippen LogP contribution >= 0.6 is 0 Å². The number of aliphatic hydroxyl groups excluding tert-OH is 2. The molecule has 0 atom stereocenters. The Morgan fingerprint density at radius 2 is 0.800 bits per heavy atom. The molecule has 0 amide bonds. The lowest BCUT2D eigenvalue weighted by Crippen LogP contribution is -2.33. The van der Waals surface area contributed by atoms with Crippen molar-refractivity contribution >= 4 is 23.2 Å². The molecule has 0 aliphatic heterocycles. The van der Waals surface area contributed by atoms with E-state index in [1.807, 2.05) is 13.8 Å². The zero-order valence-corrected chi connectivity index (χ0v) is 15.9. The van der Waals surface area contributed by atoms with Gasteiger partial charge in [0, 0.05) is 13.2 Å². The first kappa shape index (κ1) is 28.6. The van der Waals surface area contributed by atoms with Crippen LogP contribution in [0.5, 0.6) is 0 Å². The first-order valence-electron chi connectivity index (χ1n) is 7.29. The van der Waals surface area contributed by atoms with Gasteiger partial charge >= 0.3 is 9.05 Å². The fourth-order valence-electron chi connectivity index (χ4n) is 0.866. The first-order valence-corrected chi connectivity index (χ1v) is 11.5. The molecular weight excluding hydrogens is 295 g/mol. The van der Waals surface area contributed by atoms with Gasteiger partial charge in [-0.25, -0.2) is 0 Å². The molecule has 126 valence electrons. The summed E-state index contributed by atoms with van der Waals surface area (Å²) in [4.78, 5) is 29.3. The van der Waals surface area contributed by atoms with E-state index in [0.29, 0.717) is 13.2 Å². The van der Waals surface area contributed by atoms with Gasteiger partial charge in [0.1, 0.15) is 0 Å². The van der Waals surface area contributed by atoms with Crippen LogP contribution in [0, 0.1) is 0 Å². The molecule has 6 nitrogen and oxygen atoms in total. The predicted molar refractivity (Wildman–Crippen MR) is 86.6 cm³/mol. The van der Waals surface area contributed by atoms with Crippen molar-refractivity contribution in [3.05, 3.63) is 0 Å². The minimum Gasteiger partial charge on any atom is -0.396 e. The van der Waals surface area contributed by atoms with E-state index in [1.165, 1.54) is 15.8 Å². The third-order valence-electron chi connectivity index (χ3n) is 2.18. The fourth-order valence-corrected chi connectivity index (χ4v) is 2.60. The van der Waals surface area contributed by atoms with Crippen molar-refractivity contribution in [2.75, 3.05) is 13.2 Å². The van der Waals surface area contributed by atoms with Crippen LogP contribution in [0.25, 0.3) is 0 Å². The maximum Gasteiger partial charge on any atom is 0.668 e.